The van der Waals surface area contributed by atoms with Crippen molar-refractivity contribution in [2.24, 2.45) is 0 Å². The van der Waals surface area contributed by atoms with Crippen molar-refractivity contribution in [3.8, 4) is 11.5 Å². The standard InChI is InChI=1S/C14H12O6S2/c1-9-3-5-11-13(7-9)21(15,16)20-12-6-4-10(2)8-14(12)22(17,18)19-11/h3-8H,1-2H3. The highest BCUT2D eigenvalue weighted by atomic mass is 32.2. The Kier molecular flexibility index (Phi) is 3.19. The van der Waals surface area contributed by atoms with Crippen molar-refractivity contribution in [3.63, 3.8) is 0 Å². The Morgan fingerprint density at radius 1 is 0.682 bits per heavy atom. The van der Waals surface area contributed by atoms with E-state index in [0.717, 1.165) is 0 Å². The van der Waals surface area contributed by atoms with Gasteiger partial charge in [0.25, 0.3) is 0 Å². The Morgan fingerprint density at radius 3 is 1.41 bits per heavy atom. The number of fused-ring (bicyclic) bond motifs is 2. The molecule has 0 aliphatic carbocycles. The minimum atomic E-state index is -4.19. The van der Waals surface area contributed by atoms with E-state index in [9.17, 15) is 16.8 Å². The summed E-state index contributed by atoms with van der Waals surface area (Å²) in [7, 11) is -8.38. The van der Waals surface area contributed by atoms with E-state index in [-0.39, 0.29) is 21.3 Å². The largest absolute Gasteiger partial charge is 0.377 e. The Bertz CT molecular complexity index is 893. The number of aryl methyl sites for hydroxylation is 2. The first-order chi connectivity index (χ1) is 10.2. The topological polar surface area (TPSA) is 86.7 Å². The van der Waals surface area contributed by atoms with E-state index in [4.69, 9.17) is 8.37 Å². The summed E-state index contributed by atoms with van der Waals surface area (Å²) in [5.74, 6) is -0.560. The van der Waals surface area contributed by atoms with Gasteiger partial charge in [0.1, 0.15) is 9.79 Å². The summed E-state index contributed by atoms with van der Waals surface area (Å²) < 4.78 is 59.5. The van der Waals surface area contributed by atoms with Gasteiger partial charge in [-0.3, -0.25) is 0 Å². The van der Waals surface area contributed by atoms with Crippen LogP contribution in [0.25, 0.3) is 0 Å². The van der Waals surface area contributed by atoms with Gasteiger partial charge < -0.3 is 8.37 Å². The highest BCUT2D eigenvalue weighted by Crippen LogP contribution is 2.36. The fraction of sp³-hybridized carbons (Fsp3) is 0.143. The van der Waals surface area contributed by atoms with Gasteiger partial charge >= 0.3 is 20.2 Å². The molecule has 0 saturated heterocycles. The average Bonchev–Trinajstić information content (AvgIpc) is 2.41. The molecule has 2 aromatic carbocycles. The van der Waals surface area contributed by atoms with Crippen LogP contribution in [0.4, 0.5) is 0 Å². The first-order valence-electron chi connectivity index (χ1n) is 6.29. The molecule has 0 amide bonds. The van der Waals surface area contributed by atoms with E-state index in [1.54, 1.807) is 26.0 Å². The summed E-state index contributed by atoms with van der Waals surface area (Å²) in [5, 5.41) is 0. The summed E-state index contributed by atoms with van der Waals surface area (Å²) in [6.45, 7) is 3.36. The lowest BCUT2D eigenvalue weighted by Gasteiger charge is -2.18. The van der Waals surface area contributed by atoms with Gasteiger partial charge in [-0.2, -0.15) is 16.8 Å². The molecule has 0 bridgehead atoms. The van der Waals surface area contributed by atoms with Crippen LogP contribution in [0.2, 0.25) is 0 Å². The van der Waals surface area contributed by atoms with Gasteiger partial charge in [0.15, 0.2) is 11.5 Å². The predicted octanol–water partition coefficient (Wildman–Crippen LogP) is 2.15. The molecule has 116 valence electrons. The van der Waals surface area contributed by atoms with Crippen LogP contribution in [-0.4, -0.2) is 16.8 Å². The first-order valence-corrected chi connectivity index (χ1v) is 9.11. The third-order valence-corrected chi connectivity index (χ3v) is 5.65. The van der Waals surface area contributed by atoms with E-state index in [2.05, 4.69) is 0 Å². The molecule has 6 nitrogen and oxygen atoms in total. The third-order valence-electron chi connectivity index (χ3n) is 3.14. The van der Waals surface area contributed by atoms with E-state index in [1.807, 2.05) is 0 Å². The third kappa shape index (κ3) is 2.44. The Hall–Kier alpha value is -2.06. The molecule has 0 unspecified atom stereocenters. The summed E-state index contributed by atoms with van der Waals surface area (Å²) in [5.41, 5.74) is 1.27. The molecule has 1 aliphatic heterocycles. The highest BCUT2D eigenvalue weighted by molar-refractivity contribution is 7.88. The van der Waals surface area contributed by atoms with Gasteiger partial charge in [0.2, 0.25) is 0 Å². The van der Waals surface area contributed by atoms with Crippen LogP contribution in [0.5, 0.6) is 11.5 Å². The second-order valence-electron chi connectivity index (χ2n) is 4.98. The molecule has 0 saturated carbocycles. The monoisotopic (exact) mass is 340 g/mol. The van der Waals surface area contributed by atoms with E-state index < -0.39 is 20.2 Å². The lowest BCUT2D eigenvalue weighted by atomic mass is 10.2. The first kappa shape index (κ1) is 14.9. The molecule has 22 heavy (non-hydrogen) atoms. The number of hydrogen-bond acceptors (Lipinski definition) is 6. The number of hydrogen-bond donors (Lipinski definition) is 0. The second kappa shape index (κ2) is 4.72. The van der Waals surface area contributed by atoms with Gasteiger partial charge in [-0.1, -0.05) is 12.1 Å². The van der Waals surface area contributed by atoms with Crippen LogP contribution in [0, 0.1) is 13.8 Å². The van der Waals surface area contributed by atoms with Crippen molar-refractivity contribution >= 4 is 20.2 Å². The summed E-state index contributed by atoms with van der Waals surface area (Å²) in [4.78, 5) is -0.635. The summed E-state index contributed by atoms with van der Waals surface area (Å²) in [6, 6.07) is 8.32. The minimum Gasteiger partial charge on any atom is -0.377 e. The van der Waals surface area contributed by atoms with Crippen molar-refractivity contribution in [1.29, 1.82) is 0 Å². The molecule has 0 aromatic heterocycles. The maximum Gasteiger partial charge on any atom is 0.343 e. The molecule has 1 heterocycles. The molecular weight excluding hydrogens is 328 g/mol. The van der Waals surface area contributed by atoms with Crippen molar-refractivity contribution in [3.05, 3.63) is 47.5 Å². The van der Waals surface area contributed by atoms with Crippen LogP contribution in [0.15, 0.2) is 46.2 Å². The average molecular weight is 340 g/mol. The molecule has 0 fully saturated rings. The fourth-order valence-corrected chi connectivity index (χ4v) is 4.51. The van der Waals surface area contributed by atoms with Gasteiger partial charge in [0.05, 0.1) is 0 Å². The number of benzene rings is 2. The van der Waals surface area contributed by atoms with Crippen LogP contribution in [0.3, 0.4) is 0 Å². The molecule has 0 radical (unpaired) electrons. The van der Waals surface area contributed by atoms with E-state index >= 15 is 0 Å². The molecule has 3 rings (SSSR count). The zero-order chi connectivity index (χ0) is 16.1. The molecule has 0 N–H and O–H groups in total. The fourth-order valence-electron chi connectivity index (χ4n) is 2.09. The molecular formula is C14H12O6S2. The molecule has 8 heteroatoms. The highest BCUT2D eigenvalue weighted by Gasteiger charge is 2.33. The van der Waals surface area contributed by atoms with E-state index in [0.29, 0.717) is 11.1 Å². The lowest BCUT2D eigenvalue weighted by Crippen LogP contribution is -2.20. The van der Waals surface area contributed by atoms with Gasteiger partial charge in [0, 0.05) is 0 Å². The lowest BCUT2D eigenvalue weighted by molar-refractivity contribution is 0.443. The normalized spacial score (nSPS) is 17.9. The van der Waals surface area contributed by atoms with Crippen molar-refractivity contribution in [1.82, 2.24) is 0 Å². The zero-order valence-corrected chi connectivity index (χ0v) is 13.4. The Morgan fingerprint density at radius 2 is 1.05 bits per heavy atom. The van der Waals surface area contributed by atoms with Gasteiger partial charge in [-0.05, 0) is 49.2 Å². The summed E-state index contributed by atoms with van der Waals surface area (Å²) >= 11 is 0. The van der Waals surface area contributed by atoms with Crippen molar-refractivity contribution in [2.75, 3.05) is 0 Å². The summed E-state index contributed by atoms with van der Waals surface area (Å²) in [6.07, 6.45) is 0. The maximum atomic E-state index is 12.4. The van der Waals surface area contributed by atoms with E-state index in [1.165, 1.54) is 24.3 Å². The molecule has 2 aromatic rings. The van der Waals surface area contributed by atoms with Crippen molar-refractivity contribution in [2.45, 2.75) is 23.6 Å². The quantitative estimate of drug-likeness (QED) is 0.683. The molecule has 1 aliphatic rings. The molecule has 0 atom stereocenters. The Labute approximate surface area is 128 Å². The zero-order valence-electron chi connectivity index (χ0n) is 11.7. The van der Waals surface area contributed by atoms with Gasteiger partial charge in [-0.25, -0.2) is 0 Å². The van der Waals surface area contributed by atoms with Crippen LogP contribution in [-0.2, 0) is 20.2 Å². The second-order valence-corrected chi connectivity index (χ2v) is 8.00. The Balaban J connectivity index is 2.33. The number of rotatable bonds is 0. The van der Waals surface area contributed by atoms with Crippen LogP contribution >= 0.6 is 0 Å². The van der Waals surface area contributed by atoms with Crippen molar-refractivity contribution < 1.29 is 25.2 Å². The SMILES string of the molecule is Cc1ccc2c(c1)S(=O)(=O)Oc1ccc(C)cc1S(=O)(=O)O2. The predicted molar refractivity (Wildman–Crippen MR) is 78.0 cm³/mol. The van der Waals surface area contributed by atoms with Crippen LogP contribution < -0.4 is 8.37 Å². The molecule has 0 spiro atoms. The minimum absolute atomic E-state index is 0.280. The van der Waals surface area contributed by atoms with Crippen LogP contribution in [0.1, 0.15) is 11.1 Å². The smallest absolute Gasteiger partial charge is 0.343 e. The maximum absolute atomic E-state index is 12.4. The van der Waals surface area contributed by atoms with Gasteiger partial charge in [-0.15, -0.1) is 0 Å².